The number of rotatable bonds is 9. The third-order valence-electron chi connectivity index (χ3n) is 5.67. The van der Waals surface area contributed by atoms with Crippen LogP contribution in [0.5, 0.6) is 0 Å². The average Bonchev–Trinajstić information content (AvgIpc) is 3.30. The lowest BCUT2D eigenvalue weighted by Crippen LogP contribution is -2.53. The molecule has 0 saturated carbocycles. The highest BCUT2D eigenvalue weighted by molar-refractivity contribution is 6.31. The van der Waals surface area contributed by atoms with Crippen LogP contribution in [0.25, 0.3) is 10.9 Å². The number of hydrogen-bond donors (Lipinski definition) is 3. The van der Waals surface area contributed by atoms with Crippen molar-refractivity contribution in [2.75, 3.05) is 18.7 Å². The predicted octanol–water partition coefficient (Wildman–Crippen LogP) is 4.16. The zero-order chi connectivity index (χ0) is 24.8. The second-order valence-corrected chi connectivity index (χ2v) is 8.59. The van der Waals surface area contributed by atoms with Gasteiger partial charge in [0.05, 0.1) is 6.04 Å². The monoisotopic (exact) mass is 491 g/mol. The van der Waals surface area contributed by atoms with E-state index >= 15 is 0 Å². The fourth-order valence-corrected chi connectivity index (χ4v) is 4.10. The van der Waals surface area contributed by atoms with Crippen LogP contribution >= 0.6 is 11.6 Å². The Balaban J connectivity index is 1.60. The number of H-pyrrole nitrogens is 1. The molecule has 2 atom stereocenters. The predicted molar refractivity (Wildman–Crippen MR) is 137 cm³/mol. The van der Waals surface area contributed by atoms with E-state index in [-0.39, 0.29) is 13.2 Å². The van der Waals surface area contributed by atoms with E-state index in [4.69, 9.17) is 16.3 Å². The number of hydrogen-bond acceptors (Lipinski definition) is 4. The highest BCUT2D eigenvalue weighted by atomic mass is 35.5. The van der Waals surface area contributed by atoms with Gasteiger partial charge in [-0.3, -0.25) is 14.5 Å². The van der Waals surface area contributed by atoms with Crippen molar-refractivity contribution in [2.45, 2.75) is 18.6 Å². The summed E-state index contributed by atoms with van der Waals surface area (Å²) in [7, 11) is 1.47. The molecule has 1 heterocycles. The Morgan fingerprint density at radius 2 is 1.71 bits per heavy atom. The van der Waals surface area contributed by atoms with E-state index in [2.05, 4.69) is 10.3 Å². The third-order valence-corrected chi connectivity index (χ3v) is 5.90. The highest BCUT2D eigenvalue weighted by Gasteiger charge is 2.32. The third kappa shape index (κ3) is 5.89. The SMILES string of the molecule is COCN(C(=O)C(O)C(Cc1ccccc1)NC(=O)c1cc2cc(Cl)ccc2[nH]1)c1ccccc1. The first-order valence-electron chi connectivity index (χ1n) is 11.1. The van der Waals surface area contributed by atoms with Crippen molar-refractivity contribution in [1.82, 2.24) is 10.3 Å². The summed E-state index contributed by atoms with van der Waals surface area (Å²) in [5.74, 6) is -1.02. The maximum atomic E-state index is 13.4. The molecule has 180 valence electrons. The van der Waals surface area contributed by atoms with Crippen LogP contribution in [0.4, 0.5) is 5.69 Å². The molecule has 3 N–H and O–H groups in total. The number of amides is 2. The van der Waals surface area contributed by atoms with Gasteiger partial charge >= 0.3 is 0 Å². The van der Waals surface area contributed by atoms with Gasteiger partial charge in [0.15, 0.2) is 6.10 Å². The van der Waals surface area contributed by atoms with Gasteiger partial charge in [-0.25, -0.2) is 0 Å². The molecule has 35 heavy (non-hydrogen) atoms. The zero-order valence-electron chi connectivity index (χ0n) is 19.1. The normalized spacial score (nSPS) is 12.8. The maximum Gasteiger partial charge on any atom is 0.268 e. The molecule has 2 amide bonds. The minimum atomic E-state index is -1.52. The lowest BCUT2D eigenvalue weighted by atomic mass is 9.99. The van der Waals surface area contributed by atoms with Gasteiger partial charge in [0, 0.05) is 28.7 Å². The van der Waals surface area contributed by atoms with Crippen molar-refractivity contribution in [3.8, 4) is 0 Å². The minimum Gasteiger partial charge on any atom is -0.381 e. The summed E-state index contributed by atoms with van der Waals surface area (Å²) in [5, 5.41) is 15.4. The molecule has 7 nitrogen and oxygen atoms in total. The standard InChI is InChI=1S/C27H26ClN3O4/c1-35-17-31(21-10-6-3-7-11-21)27(34)25(32)23(14-18-8-4-2-5-9-18)30-26(33)24-16-19-15-20(28)12-13-22(19)29-24/h2-13,15-16,23,25,29,32H,14,17H2,1H3,(H,30,33). The van der Waals surface area contributed by atoms with Crippen molar-refractivity contribution in [3.63, 3.8) is 0 Å². The maximum absolute atomic E-state index is 13.4. The number of nitrogens with zero attached hydrogens (tertiary/aromatic N) is 1. The highest BCUT2D eigenvalue weighted by Crippen LogP contribution is 2.21. The number of carbonyl (C=O) groups excluding carboxylic acids is 2. The van der Waals surface area contributed by atoms with E-state index < -0.39 is 24.0 Å². The number of ether oxygens (including phenoxy) is 1. The number of halogens is 1. The molecule has 0 bridgehead atoms. The van der Waals surface area contributed by atoms with Crippen LogP contribution in [0.2, 0.25) is 5.02 Å². The number of para-hydroxylation sites is 1. The number of aliphatic hydroxyl groups is 1. The molecule has 3 aromatic carbocycles. The molecule has 1 aromatic heterocycles. The van der Waals surface area contributed by atoms with Crippen molar-refractivity contribution >= 4 is 40.0 Å². The van der Waals surface area contributed by atoms with E-state index in [1.165, 1.54) is 12.0 Å². The van der Waals surface area contributed by atoms with Crippen LogP contribution < -0.4 is 10.2 Å². The Bertz CT molecular complexity index is 1290. The van der Waals surface area contributed by atoms with Crippen molar-refractivity contribution in [3.05, 3.63) is 101 Å². The first-order chi connectivity index (χ1) is 17.0. The molecule has 0 radical (unpaired) electrons. The molecule has 4 rings (SSSR count). The van der Waals surface area contributed by atoms with Gasteiger partial charge in [-0.15, -0.1) is 0 Å². The Kier molecular flexibility index (Phi) is 7.82. The van der Waals surface area contributed by atoms with E-state index in [1.54, 1.807) is 48.5 Å². The molecule has 0 saturated heterocycles. The lowest BCUT2D eigenvalue weighted by molar-refractivity contribution is -0.128. The Morgan fingerprint density at radius 1 is 1.03 bits per heavy atom. The van der Waals surface area contributed by atoms with Gasteiger partial charge in [-0.05, 0) is 48.4 Å². The summed E-state index contributed by atoms with van der Waals surface area (Å²) in [6.45, 7) is -0.0469. The van der Waals surface area contributed by atoms with E-state index in [0.717, 1.165) is 16.5 Å². The number of aromatic nitrogens is 1. The quantitative estimate of drug-likeness (QED) is 0.306. The Hall–Kier alpha value is -3.65. The van der Waals surface area contributed by atoms with Crippen LogP contribution in [0.3, 0.4) is 0 Å². The molecule has 0 spiro atoms. The van der Waals surface area contributed by atoms with E-state index in [0.29, 0.717) is 16.4 Å². The fraction of sp³-hybridized carbons (Fsp3) is 0.185. The molecule has 0 aliphatic carbocycles. The van der Waals surface area contributed by atoms with Crippen LogP contribution in [-0.2, 0) is 16.0 Å². The second kappa shape index (κ2) is 11.2. The van der Waals surface area contributed by atoms with Crippen molar-refractivity contribution in [2.24, 2.45) is 0 Å². The zero-order valence-corrected chi connectivity index (χ0v) is 19.9. The van der Waals surface area contributed by atoms with Crippen LogP contribution in [0, 0.1) is 0 Å². The first-order valence-corrected chi connectivity index (χ1v) is 11.5. The summed E-state index contributed by atoms with van der Waals surface area (Å²) < 4.78 is 5.21. The molecule has 0 fully saturated rings. The summed E-state index contributed by atoms with van der Waals surface area (Å²) in [4.78, 5) is 30.9. The van der Waals surface area contributed by atoms with Crippen LogP contribution in [0.15, 0.2) is 84.9 Å². The molecule has 2 unspecified atom stereocenters. The van der Waals surface area contributed by atoms with Gasteiger partial charge in [0.1, 0.15) is 12.4 Å². The number of aliphatic hydroxyl groups excluding tert-OH is 1. The summed E-state index contributed by atoms with van der Waals surface area (Å²) >= 11 is 6.06. The number of nitrogens with one attached hydrogen (secondary N) is 2. The van der Waals surface area contributed by atoms with Gasteiger partial charge in [-0.2, -0.15) is 0 Å². The summed E-state index contributed by atoms with van der Waals surface area (Å²) in [6, 6.07) is 24.4. The molecule has 8 heteroatoms. The number of methoxy groups -OCH3 is 1. The molecule has 0 aliphatic heterocycles. The van der Waals surface area contributed by atoms with Gasteiger partial charge in [-0.1, -0.05) is 60.1 Å². The average molecular weight is 492 g/mol. The number of fused-ring (bicyclic) bond motifs is 1. The number of carbonyl (C=O) groups is 2. The van der Waals surface area contributed by atoms with Crippen molar-refractivity contribution in [1.29, 1.82) is 0 Å². The molecular weight excluding hydrogens is 466 g/mol. The Morgan fingerprint density at radius 3 is 2.40 bits per heavy atom. The van der Waals surface area contributed by atoms with E-state index in [9.17, 15) is 14.7 Å². The van der Waals surface area contributed by atoms with Gasteiger partial charge < -0.3 is 20.1 Å². The fourth-order valence-electron chi connectivity index (χ4n) is 3.92. The number of anilines is 1. The topological polar surface area (TPSA) is 94.7 Å². The smallest absolute Gasteiger partial charge is 0.268 e. The molecular formula is C27H26ClN3O4. The molecule has 4 aromatic rings. The Labute approximate surface area is 208 Å². The van der Waals surface area contributed by atoms with Gasteiger partial charge in [0.25, 0.3) is 11.8 Å². The van der Waals surface area contributed by atoms with Crippen LogP contribution in [0.1, 0.15) is 16.1 Å². The molecule has 0 aliphatic rings. The number of aromatic amines is 1. The second-order valence-electron chi connectivity index (χ2n) is 8.15. The number of benzene rings is 3. The largest absolute Gasteiger partial charge is 0.381 e. The van der Waals surface area contributed by atoms with E-state index in [1.807, 2.05) is 36.4 Å². The lowest BCUT2D eigenvalue weighted by Gasteiger charge is -2.29. The van der Waals surface area contributed by atoms with Crippen LogP contribution in [-0.4, -0.2) is 47.9 Å². The first kappa shape index (κ1) is 24.5. The summed E-state index contributed by atoms with van der Waals surface area (Å²) in [6.07, 6.45) is -1.27. The van der Waals surface area contributed by atoms with Gasteiger partial charge in [0.2, 0.25) is 0 Å². The summed E-state index contributed by atoms with van der Waals surface area (Å²) in [5.41, 5.74) is 2.50. The minimum absolute atomic E-state index is 0.0469. The van der Waals surface area contributed by atoms with Crippen molar-refractivity contribution < 1.29 is 19.4 Å².